The van der Waals surface area contributed by atoms with Gasteiger partial charge in [-0.05, 0) is 29.8 Å². The predicted octanol–water partition coefficient (Wildman–Crippen LogP) is 3.34. The standard InChI is InChI=1S/C14H10FNO/c15-11-7-5-10(6-8-11)13-9-17-14-4-2-1-3-12(14)16-13/h1-8H,9H2. The lowest BCUT2D eigenvalue weighted by molar-refractivity contribution is 0.373. The Morgan fingerprint density at radius 3 is 2.59 bits per heavy atom. The van der Waals surface area contributed by atoms with Crippen LogP contribution in [0.4, 0.5) is 10.1 Å². The van der Waals surface area contributed by atoms with E-state index in [1.807, 2.05) is 24.3 Å². The molecule has 0 aromatic heterocycles. The molecule has 17 heavy (non-hydrogen) atoms. The maximum atomic E-state index is 12.8. The van der Waals surface area contributed by atoms with Crippen LogP contribution in [0.25, 0.3) is 0 Å². The van der Waals surface area contributed by atoms with Crippen LogP contribution in [-0.2, 0) is 0 Å². The number of hydrogen-bond acceptors (Lipinski definition) is 2. The summed E-state index contributed by atoms with van der Waals surface area (Å²) in [4.78, 5) is 4.51. The fourth-order valence-electron chi connectivity index (χ4n) is 1.79. The van der Waals surface area contributed by atoms with Crippen LogP contribution in [0.2, 0.25) is 0 Å². The van der Waals surface area contributed by atoms with E-state index in [2.05, 4.69) is 4.99 Å². The van der Waals surface area contributed by atoms with Crippen LogP contribution in [-0.4, -0.2) is 12.3 Å². The number of benzene rings is 2. The highest BCUT2D eigenvalue weighted by atomic mass is 19.1. The van der Waals surface area contributed by atoms with Gasteiger partial charge in [-0.1, -0.05) is 24.3 Å². The summed E-state index contributed by atoms with van der Waals surface area (Å²) in [6, 6.07) is 13.9. The molecule has 2 nitrogen and oxygen atoms in total. The molecule has 0 bridgehead atoms. The third kappa shape index (κ3) is 1.91. The van der Waals surface area contributed by atoms with Crippen molar-refractivity contribution in [2.75, 3.05) is 6.61 Å². The van der Waals surface area contributed by atoms with Gasteiger partial charge in [0, 0.05) is 0 Å². The van der Waals surface area contributed by atoms with Crippen molar-refractivity contribution in [3.05, 3.63) is 59.9 Å². The number of fused-ring (bicyclic) bond motifs is 1. The van der Waals surface area contributed by atoms with Crippen LogP contribution in [0.5, 0.6) is 5.75 Å². The second-order valence-electron chi connectivity index (χ2n) is 3.82. The lowest BCUT2D eigenvalue weighted by atomic mass is 10.1. The highest BCUT2D eigenvalue weighted by Crippen LogP contribution is 2.30. The van der Waals surface area contributed by atoms with E-state index in [4.69, 9.17) is 4.74 Å². The highest BCUT2D eigenvalue weighted by molar-refractivity contribution is 6.04. The van der Waals surface area contributed by atoms with E-state index in [1.165, 1.54) is 12.1 Å². The molecule has 0 amide bonds. The molecule has 0 aliphatic carbocycles. The Balaban J connectivity index is 2.01. The number of rotatable bonds is 1. The Morgan fingerprint density at radius 2 is 1.76 bits per heavy atom. The van der Waals surface area contributed by atoms with Crippen molar-refractivity contribution >= 4 is 11.4 Å². The van der Waals surface area contributed by atoms with Gasteiger partial charge >= 0.3 is 0 Å². The second-order valence-corrected chi connectivity index (χ2v) is 3.82. The van der Waals surface area contributed by atoms with Crippen LogP contribution >= 0.6 is 0 Å². The van der Waals surface area contributed by atoms with Crippen molar-refractivity contribution < 1.29 is 9.13 Å². The van der Waals surface area contributed by atoms with Gasteiger partial charge in [-0.3, -0.25) is 0 Å². The Bertz CT molecular complexity index is 575. The molecule has 3 heteroatoms. The summed E-state index contributed by atoms with van der Waals surface area (Å²) in [6.07, 6.45) is 0. The van der Waals surface area contributed by atoms with Gasteiger partial charge in [0.05, 0.1) is 5.71 Å². The fraction of sp³-hybridized carbons (Fsp3) is 0.0714. The molecule has 84 valence electrons. The van der Waals surface area contributed by atoms with E-state index in [1.54, 1.807) is 12.1 Å². The molecular formula is C14H10FNO. The Morgan fingerprint density at radius 1 is 1.00 bits per heavy atom. The number of para-hydroxylation sites is 2. The molecule has 0 N–H and O–H groups in total. The molecule has 1 aliphatic rings. The fourth-order valence-corrected chi connectivity index (χ4v) is 1.79. The number of aliphatic imine (C=N–C) groups is 1. The topological polar surface area (TPSA) is 21.6 Å². The first-order chi connectivity index (χ1) is 8.33. The quantitative estimate of drug-likeness (QED) is 0.732. The van der Waals surface area contributed by atoms with Crippen LogP contribution < -0.4 is 4.74 Å². The van der Waals surface area contributed by atoms with Gasteiger partial charge in [0.15, 0.2) is 0 Å². The lowest BCUT2D eigenvalue weighted by Crippen LogP contribution is -2.16. The van der Waals surface area contributed by atoms with Crippen LogP contribution in [0.3, 0.4) is 0 Å². The van der Waals surface area contributed by atoms with E-state index < -0.39 is 0 Å². The summed E-state index contributed by atoms with van der Waals surface area (Å²) in [5.41, 5.74) is 2.53. The molecule has 0 radical (unpaired) electrons. The lowest BCUT2D eigenvalue weighted by Gasteiger charge is -2.16. The first kappa shape index (κ1) is 10.0. The molecule has 2 aromatic carbocycles. The van der Waals surface area contributed by atoms with Crippen molar-refractivity contribution in [1.82, 2.24) is 0 Å². The van der Waals surface area contributed by atoms with Gasteiger partial charge in [0.1, 0.15) is 23.9 Å². The summed E-state index contributed by atoms with van der Waals surface area (Å²) in [5, 5.41) is 0. The molecule has 0 spiro atoms. The van der Waals surface area contributed by atoms with E-state index >= 15 is 0 Å². The molecule has 1 heterocycles. The maximum absolute atomic E-state index is 12.8. The molecule has 0 unspecified atom stereocenters. The van der Waals surface area contributed by atoms with Crippen molar-refractivity contribution in [3.63, 3.8) is 0 Å². The first-order valence-electron chi connectivity index (χ1n) is 5.38. The molecule has 0 atom stereocenters. The predicted molar refractivity (Wildman–Crippen MR) is 64.5 cm³/mol. The summed E-state index contributed by atoms with van der Waals surface area (Å²) in [7, 11) is 0. The van der Waals surface area contributed by atoms with Crippen LogP contribution in [0.15, 0.2) is 53.5 Å². The van der Waals surface area contributed by atoms with Gasteiger partial charge in [0.2, 0.25) is 0 Å². The smallest absolute Gasteiger partial charge is 0.145 e. The number of ether oxygens (including phenoxy) is 1. The van der Waals surface area contributed by atoms with Gasteiger partial charge in [-0.25, -0.2) is 9.38 Å². The zero-order valence-electron chi connectivity index (χ0n) is 9.06. The zero-order valence-corrected chi connectivity index (χ0v) is 9.06. The number of nitrogens with zero attached hydrogens (tertiary/aromatic N) is 1. The maximum Gasteiger partial charge on any atom is 0.145 e. The minimum atomic E-state index is -0.244. The molecule has 0 saturated carbocycles. The molecule has 0 fully saturated rings. The largest absolute Gasteiger partial charge is 0.485 e. The Hall–Kier alpha value is -2.16. The normalized spacial score (nSPS) is 13.6. The van der Waals surface area contributed by atoms with Crippen molar-refractivity contribution in [3.8, 4) is 5.75 Å². The third-order valence-electron chi connectivity index (χ3n) is 2.66. The van der Waals surface area contributed by atoms with Gasteiger partial charge in [0.25, 0.3) is 0 Å². The second kappa shape index (κ2) is 4.01. The van der Waals surface area contributed by atoms with Crippen LogP contribution in [0, 0.1) is 5.82 Å². The van der Waals surface area contributed by atoms with Gasteiger partial charge < -0.3 is 4.74 Å². The average Bonchev–Trinajstić information content (AvgIpc) is 2.39. The summed E-state index contributed by atoms with van der Waals surface area (Å²) < 4.78 is 18.4. The average molecular weight is 227 g/mol. The van der Waals surface area contributed by atoms with Crippen molar-refractivity contribution in [2.45, 2.75) is 0 Å². The monoisotopic (exact) mass is 227 g/mol. The van der Waals surface area contributed by atoms with Gasteiger partial charge in [-0.15, -0.1) is 0 Å². The first-order valence-corrected chi connectivity index (χ1v) is 5.38. The Kier molecular flexibility index (Phi) is 2.37. The minimum Gasteiger partial charge on any atom is -0.485 e. The highest BCUT2D eigenvalue weighted by Gasteiger charge is 2.13. The number of hydrogen-bond donors (Lipinski definition) is 0. The third-order valence-corrected chi connectivity index (χ3v) is 2.66. The summed E-state index contributed by atoms with van der Waals surface area (Å²) in [6.45, 7) is 0.419. The zero-order chi connectivity index (χ0) is 11.7. The van der Waals surface area contributed by atoms with E-state index in [9.17, 15) is 4.39 Å². The number of halogens is 1. The van der Waals surface area contributed by atoms with Crippen molar-refractivity contribution in [1.29, 1.82) is 0 Å². The molecule has 1 aliphatic heterocycles. The van der Waals surface area contributed by atoms with Gasteiger partial charge in [-0.2, -0.15) is 0 Å². The molecule has 3 rings (SSSR count). The summed E-state index contributed by atoms with van der Waals surface area (Å²) in [5.74, 6) is 0.546. The van der Waals surface area contributed by atoms with E-state index in [-0.39, 0.29) is 5.82 Å². The summed E-state index contributed by atoms with van der Waals surface area (Å²) >= 11 is 0. The van der Waals surface area contributed by atoms with E-state index in [0.29, 0.717) is 6.61 Å². The SMILES string of the molecule is Fc1ccc(C2=Nc3ccccc3OC2)cc1. The van der Waals surface area contributed by atoms with Crippen LogP contribution in [0.1, 0.15) is 5.56 Å². The van der Waals surface area contributed by atoms with Crippen molar-refractivity contribution in [2.24, 2.45) is 4.99 Å². The Labute approximate surface area is 98.4 Å². The molecule has 0 saturated heterocycles. The van der Waals surface area contributed by atoms with E-state index in [0.717, 1.165) is 22.7 Å². The minimum absolute atomic E-state index is 0.244. The molecular weight excluding hydrogens is 217 g/mol. The molecule has 2 aromatic rings.